The molecule has 5 rings (SSSR count). The summed E-state index contributed by atoms with van der Waals surface area (Å²) in [7, 11) is 0. The number of aliphatic carboxylic acids is 1. The number of halogens is 2. The predicted octanol–water partition coefficient (Wildman–Crippen LogP) is 6.92. The Kier molecular flexibility index (Phi) is 10.0. The number of aromatic nitrogens is 1. The Hall–Kier alpha value is -5.32. The molecule has 3 aromatic carbocycles. The van der Waals surface area contributed by atoms with Crippen LogP contribution in [0.4, 0.5) is 19.4 Å². The number of benzene rings is 3. The lowest BCUT2D eigenvalue weighted by Gasteiger charge is -2.45. The number of nitrogens with zero attached hydrogens (tertiary/aromatic N) is 2. The van der Waals surface area contributed by atoms with Gasteiger partial charge in [0.25, 0.3) is 5.56 Å². The Balaban J connectivity index is 1.54. The number of nitrogen functional groups attached to an aromatic ring is 1. The van der Waals surface area contributed by atoms with Crippen LogP contribution in [0.2, 0.25) is 0 Å². The molecule has 49 heavy (non-hydrogen) atoms. The zero-order valence-corrected chi connectivity index (χ0v) is 27.6. The van der Waals surface area contributed by atoms with E-state index < -0.39 is 51.7 Å². The van der Waals surface area contributed by atoms with Gasteiger partial charge in [0.15, 0.2) is 11.3 Å². The van der Waals surface area contributed by atoms with Gasteiger partial charge in [0, 0.05) is 18.6 Å². The molecule has 0 aliphatic heterocycles. The van der Waals surface area contributed by atoms with Crippen molar-refractivity contribution >= 4 is 23.7 Å². The Morgan fingerprint density at radius 3 is 2.12 bits per heavy atom. The SMILES string of the molecule is CC(C)(C)OC(=O)N(Cc1ccc(-n2c(N)c(C(=O)c3ccc(F)cc3F)ccc2=O)cc1)C(Cc1ccccc1)(C(=O)O)C1CCCC1. The topological polar surface area (TPSA) is 132 Å². The average Bonchev–Trinajstić information content (AvgIpc) is 3.58. The van der Waals surface area contributed by atoms with Gasteiger partial charge in [0.2, 0.25) is 0 Å². The second-order valence-corrected chi connectivity index (χ2v) is 13.4. The molecule has 1 aliphatic rings. The third kappa shape index (κ3) is 7.40. The summed E-state index contributed by atoms with van der Waals surface area (Å²) in [5.74, 6) is -4.45. The molecule has 11 heteroatoms. The van der Waals surface area contributed by atoms with Crippen LogP contribution in [0.3, 0.4) is 0 Å². The lowest BCUT2D eigenvalue weighted by Crippen LogP contribution is -2.62. The number of nitrogens with two attached hydrogens (primary N) is 1. The van der Waals surface area contributed by atoms with Gasteiger partial charge >= 0.3 is 12.1 Å². The summed E-state index contributed by atoms with van der Waals surface area (Å²) in [6.07, 6.45) is 2.27. The van der Waals surface area contributed by atoms with Gasteiger partial charge < -0.3 is 15.6 Å². The third-order valence-electron chi connectivity index (χ3n) is 8.90. The van der Waals surface area contributed by atoms with Gasteiger partial charge in [-0.05, 0) is 81.0 Å². The molecule has 1 fully saturated rings. The molecule has 256 valence electrons. The van der Waals surface area contributed by atoms with Crippen molar-refractivity contribution < 1.29 is 33.0 Å². The molecular weight excluding hydrogens is 632 g/mol. The number of carboxylic acids is 1. The first-order valence-electron chi connectivity index (χ1n) is 16.1. The summed E-state index contributed by atoms with van der Waals surface area (Å²) in [6, 6.07) is 20.4. The van der Waals surface area contributed by atoms with Crippen molar-refractivity contribution in [3.8, 4) is 5.69 Å². The number of hydrogen-bond donors (Lipinski definition) is 2. The lowest BCUT2D eigenvalue weighted by molar-refractivity contribution is -0.156. The summed E-state index contributed by atoms with van der Waals surface area (Å²) < 4.78 is 34.8. The molecule has 9 nitrogen and oxygen atoms in total. The summed E-state index contributed by atoms with van der Waals surface area (Å²) >= 11 is 0. The number of carbonyl (C=O) groups excluding carboxylic acids is 2. The van der Waals surface area contributed by atoms with E-state index in [0.29, 0.717) is 24.5 Å². The lowest BCUT2D eigenvalue weighted by atomic mass is 9.76. The molecule has 1 amide bonds. The van der Waals surface area contributed by atoms with Crippen molar-refractivity contribution in [1.29, 1.82) is 0 Å². The number of ether oxygens (including phenoxy) is 1. The van der Waals surface area contributed by atoms with Gasteiger partial charge in [0.1, 0.15) is 23.1 Å². The molecule has 1 atom stereocenters. The van der Waals surface area contributed by atoms with Crippen LogP contribution >= 0.6 is 0 Å². The van der Waals surface area contributed by atoms with E-state index in [2.05, 4.69) is 0 Å². The standard InChI is InChI=1S/C38H39F2N3O6/c1-37(2,3)49-36(48)42(38(35(46)47,26-11-7-8-12-26)22-24-9-5-4-6-10-24)23-25-13-16-28(17-14-25)43-32(44)20-19-30(34(43)41)33(45)29-18-15-27(39)21-31(29)40/h4-6,9-10,13-21,26H,7-8,11-12,22-23,41H2,1-3H3,(H,46,47). The molecule has 1 saturated carbocycles. The minimum absolute atomic E-state index is 0.0760. The number of amides is 1. The van der Waals surface area contributed by atoms with Gasteiger partial charge in [-0.25, -0.2) is 18.4 Å². The zero-order chi connectivity index (χ0) is 35.5. The van der Waals surface area contributed by atoms with Crippen molar-refractivity contribution in [1.82, 2.24) is 9.47 Å². The Bertz CT molecular complexity index is 1910. The highest BCUT2D eigenvalue weighted by Gasteiger charge is 2.54. The highest BCUT2D eigenvalue weighted by Crippen LogP contribution is 2.42. The van der Waals surface area contributed by atoms with Crippen molar-refractivity contribution in [3.05, 3.63) is 129 Å². The molecule has 0 saturated heterocycles. The van der Waals surface area contributed by atoms with E-state index in [1.54, 1.807) is 45.0 Å². The van der Waals surface area contributed by atoms with Crippen LogP contribution in [-0.4, -0.2) is 43.6 Å². The Labute approximate surface area is 282 Å². The summed E-state index contributed by atoms with van der Waals surface area (Å²) in [6.45, 7) is 5.05. The molecule has 3 N–H and O–H groups in total. The first-order chi connectivity index (χ1) is 23.2. The van der Waals surface area contributed by atoms with Gasteiger partial charge in [-0.1, -0.05) is 55.3 Å². The van der Waals surface area contributed by atoms with E-state index in [1.807, 2.05) is 30.3 Å². The van der Waals surface area contributed by atoms with E-state index in [9.17, 15) is 33.1 Å². The number of carboxylic acid groups (broad SMARTS) is 1. The van der Waals surface area contributed by atoms with Crippen LogP contribution in [0.15, 0.2) is 89.7 Å². The van der Waals surface area contributed by atoms with Crippen LogP contribution in [0.25, 0.3) is 5.69 Å². The number of rotatable bonds is 10. The Morgan fingerprint density at radius 2 is 1.53 bits per heavy atom. The van der Waals surface area contributed by atoms with E-state index in [-0.39, 0.29) is 36.0 Å². The fourth-order valence-electron chi connectivity index (χ4n) is 6.59. The number of hydrogen-bond acceptors (Lipinski definition) is 6. The number of anilines is 1. The average molecular weight is 672 g/mol. The van der Waals surface area contributed by atoms with Crippen LogP contribution in [0.5, 0.6) is 0 Å². The molecule has 1 heterocycles. The van der Waals surface area contributed by atoms with Crippen LogP contribution < -0.4 is 11.3 Å². The largest absolute Gasteiger partial charge is 0.479 e. The van der Waals surface area contributed by atoms with Gasteiger partial charge in [-0.2, -0.15) is 0 Å². The van der Waals surface area contributed by atoms with E-state index >= 15 is 0 Å². The number of ketones is 1. The first kappa shape index (κ1) is 35.0. The van der Waals surface area contributed by atoms with E-state index in [4.69, 9.17) is 10.5 Å². The number of pyridine rings is 1. The fourth-order valence-corrected chi connectivity index (χ4v) is 6.59. The van der Waals surface area contributed by atoms with Crippen LogP contribution in [-0.2, 0) is 22.5 Å². The smallest absolute Gasteiger partial charge is 0.411 e. The van der Waals surface area contributed by atoms with Crippen molar-refractivity contribution in [2.45, 2.75) is 70.6 Å². The fraction of sp³-hybridized carbons (Fsp3) is 0.316. The second kappa shape index (κ2) is 14.0. The van der Waals surface area contributed by atoms with Crippen LogP contribution in [0.1, 0.15) is 73.5 Å². The van der Waals surface area contributed by atoms with Gasteiger partial charge in [-0.3, -0.25) is 19.1 Å². The van der Waals surface area contributed by atoms with Crippen molar-refractivity contribution in [2.24, 2.45) is 5.92 Å². The minimum atomic E-state index is -1.62. The number of carbonyl (C=O) groups is 3. The maximum atomic E-state index is 14.4. The molecule has 0 radical (unpaired) electrons. The van der Waals surface area contributed by atoms with Gasteiger partial charge in [0.05, 0.1) is 23.4 Å². The summed E-state index contributed by atoms with van der Waals surface area (Å²) in [5.41, 5.74) is 4.24. The molecule has 1 aromatic heterocycles. The highest BCUT2D eigenvalue weighted by atomic mass is 19.1. The maximum Gasteiger partial charge on any atom is 0.411 e. The van der Waals surface area contributed by atoms with Crippen molar-refractivity contribution in [2.75, 3.05) is 5.73 Å². The maximum absolute atomic E-state index is 14.4. The summed E-state index contributed by atoms with van der Waals surface area (Å²) in [4.78, 5) is 55.0. The normalized spacial score (nSPS) is 14.6. The third-order valence-corrected chi connectivity index (χ3v) is 8.90. The molecule has 1 unspecified atom stereocenters. The molecule has 0 spiro atoms. The van der Waals surface area contributed by atoms with Gasteiger partial charge in [-0.15, -0.1) is 0 Å². The Morgan fingerprint density at radius 1 is 0.898 bits per heavy atom. The molecule has 1 aliphatic carbocycles. The van der Waals surface area contributed by atoms with Crippen molar-refractivity contribution in [3.63, 3.8) is 0 Å². The zero-order valence-electron chi connectivity index (χ0n) is 27.6. The quantitative estimate of drug-likeness (QED) is 0.175. The first-order valence-corrected chi connectivity index (χ1v) is 16.1. The monoisotopic (exact) mass is 671 g/mol. The van der Waals surface area contributed by atoms with Crippen LogP contribution in [0, 0.1) is 17.6 Å². The summed E-state index contributed by atoms with van der Waals surface area (Å²) in [5, 5.41) is 11.0. The minimum Gasteiger partial charge on any atom is -0.479 e. The predicted molar refractivity (Wildman–Crippen MR) is 180 cm³/mol. The molecule has 4 aromatic rings. The van der Waals surface area contributed by atoms with E-state index in [0.717, 1.165) is 41.2 Å². The second-order valence-electron chi connectivity index (χ2n) is 13.4. The van der Waals surface area contributed by atoms with E-state index in [1.165, 1.54) is 11.0 Å². The highest BCUT2D eigenvalue weighted by molar-refractivity contribution is 6.11. The molecular formula is C38H39F2N3O6. The molecule has 0 bridgehead atoms.